The van der Waals surface area contributed by atoms with Crippen molar-refractivity contribution in [3.05, 3.63) is 202 Å². The Bertz CT molecular complexity index is 3810. The number of hydrogen-bond donors (Lipinski definition) is 0. The molecule has 76 heavy (non-hydrogen) atoms. The molecule has 3 heterocycles. The van der Waals surface area contributed by atoms with Crippen LogP contribution < -0.4 is 26.2 Å². The van der Waals surface area contributed by atoms with Crippen LogP contribution in [0.25, 0.3) is 38.8 Å². The normalized spacial score (nSPS) is 14.4. The van der Waals surface area contributed by atoms with Gasteiger partial charge in [0, 0.05) is 67.3 Å². The van der Waals surface area contributed by atoms with Crippen LogP contribution in [-0.2, 0) is 27.1 Å². The number of nitrogens with zero attached hydrogens (tertiary/aromatic N) is 3. The molecule has 3 nitrogen and oxygen atoms in total. The average Bonchev–Trinajstić information content (AvgIpc) is 3.92. The molecular formula is C72H76BN3. The molecule has 0 amide bonds. The minimum Gasteiger partial charge on any atom is -0.313 e. The molecule has 9 aromatic rings. The second kappa shape index (κ2) is 16.7. The summed E-state index contributed by atoms with van der Waals surface area (Å²) in [5.41, 5.74) is 30.6. The Morgan fingerprint density at radius 3 is 1.63 bits per heavy atom. The Hall–Kier alpha value is -7.04. The average molecular weight is 994 g/mol. The van der Waals surface area contributed by atoms with E-state index in [-0.39, 0.29) is 33.8 Å². The van der Waals surface area contributed by atoms with Crippen LogP contribution in [0.5, 0.6) is 0 Å². The highest BCUT2D eigenvalue weighted by atomic mass is 15.2. The highest BCUT2D eigenvalue weighted by Gasteiger charge is 2.48. The molecule has 0 saturated heterocycles. The minimum absolute atomic E-state index is 0.0168. The lowest BCUT2D eigenvalue weighted by molar-refractivity contribution is 0.589. The molecule has 12 rings (SSSR count). The third-order valence-electron chi connectivity index (χ3n) is 17.4. The van der Waals surface area contributed by atoms with Crippen molar-refractivity contribution in [2.45, 2.75) is 145 Å². The fourth-order valence-electron chi connectivity index (χ4n) is 13.2. The van der Waals surface area contributed by atoms with Gasteiger partial charge in [-0.2, -0.15) is 0 Å². The largest absolute Gasteiger partial charge is 0.313 e. The highest BCUT2D eigenvalue weighted by Crippen LogP contribution is 2.56. The van der Waals surface area contributed by atoms with Gasteiger partial charge in [-0.05, 0) is 169 Å². The van der Waals surface area contributed by atoms with Crippen molar-refractivity contribution in [2.24, 2.45) is 0 Å². The summed E-state index contributed by atoms with van der Waals surface area (Å²) in [6.45, 7) is 39.8. The Balaban J connectivity index is 1.22. The predicted molar refractivity (Wildman–Crippen MR) is 329 cm³/mol. The molecule has 0 fully saturated rings. The zero-order valence-corrected chi connectivity index (χ0v) is 48.4. The summed E-state index contributed by atoms with van der Waals surface area (Å²) < 4.78 is 2.73. The van der Waals surface area contributed by atoms with Crippen LogP contribution in [0.2, 0.25) is 0 Å². The maximum Gasteiger partial charge on any atom is 0.252 e. The molecule has 2 aliphatic heterocycles. The number of anilines is 6. The van der Waals surface area contributed by atoms with E-state index in [1.54, 1.807) is 0 Å². The number of hydrogen-bond acceptors (Lipinski definition) is 2. The molecule has 1 aromatic heterocycles. The molecule has 0 bridgehead atoms. The van der Waals surface area contributed by atoms with E-state index in [2.05, 4.69) is 284 Å². The van der Waals surface area contributed by atoms with Crippen molar-refractivity contribution in [3.63, 3.8) is 0 Å². The van der Waals surface area contributed by atoms with Gasteiger partial charge in [0.2, 0.25) is 0 Å². The van der Waals surface area contributed by atoms with Gasteiger partial charge in [0.1, 0.15) is 0 Å². The first kappa shape index (κ1) is 49.8. The van der Waals surface area contributed by atoms with Gasteiger partial charge in [-0.3, -0.25) is 0 Å². The predicted octanol–water partition coefficient (Wildman–Crippen LogP) is 17.8. The van der Waals surface area contributed by atoms with Gasteiger partial charge in [0.25, 0.3) is 6.71 Å². The van der Waals surface area contributed by atoms with Crippen molar-refractivity contribution in [1.82, 2.24) is 4.57 Å². The van der Waals surface area contributed by atoms with Crippen molar-refractivity contribution in [1.29, 1.82) is 0 Å². The zero-order chi connectivity index (χ0) is 53.9. The number of aromatic nitrogens is 1. The third-order valence-corrected chi connectivity index (χ3v) is 17.4. The van der Waals surface area contributed by atoms with Crippen molar-refractivity contribution in [2.75, 3.05) is 9.80 Å². The van der Waals surface area contributed by atoms with Crippen molar-refractivity contribution in [3.8, 4) is 27.9 Å². The lowest BCUT2D eigenvalue weighted by Gasteiger charge is -2.43. The second-order valence-corrected chi connectivity index (χ2v) is 27.4. The number of fused-ring (bicyclic) bond motifs is 9. The quantitative estimate of drug-likeness (QED) is 0.159. The zero-order valence-electron chi connectivity index (χ0n) is 48.4. The molecule has 382 valence electrons. The third kappa shape index (κ3) is 7.59. The van der Waals surface area contributed by atoms with E-state index in [1.165, 1.54) is 134 Å². The Morgan fingerprint density at radius 2 is 1.03 bits per heavy atom. The lowest BCUT2D eigenvalue weighted by atomic mass is 9.33. The molecular weight excluding hydrogens is 918 g/mol. The minimum atomic E-state index is -0.228. The van der Waals surface area contributed by atoms with E-state index in [4.69, 9.17) is 0 Å². The molecule has 0 spiro atoms. The molecule has 0 saturated carbocycles. The van der Waals surface area contributed by atoms with Crippen LogP contribution in [0.15, 0.2) is 152 Å². The molecule has 0 unspecified atom stereocenters. The van der Waals surface area contributed by atoms with Gasteiger partial charge in [0.15, 0.2) is 0 Å². The molecule has 0 atom stereocenters. The fourth-order valence-corrected chi connectivity index (χ4v) is 13.2. The standard InChI is InChI=1S/C72H76BN3/c1-43-35-62-65-63(36-43)76-66-54(64-52-25-21-22-26-55(52)72(16,17)67(64)76)40-50(71(13,14)15)41-57(66)73(65)56-31-30-51(42-61(56)75(62)60-34-29-49(70(10,11)12)39-53(60)46-23-19-18-20-24-46)74(58-32-27-47(37-44(58)2)68(4,5)6)59-33-28-48(38-45(59)3)69(7,8)9/h18-42H,1-17H3. The maximum atomic E-state index is 2.73. The topological polar surface area (TPSA) is 11.4 Å². The summed E-state index contributed by atoms with van der Waals surface area (Å²) in [5, 5.41) is 1.36. The van der Waals surface area contributed by atoms with Crippen LogP contribution in [0.4, 0.5) is 34.1 Å². The van der Waals surface area contributed by atoms with Gasteiger partial charge in [-0.25, -0.2) is 0 Å². The summed E-state index contributed by atoms with van der Waals surface area (Å²) >= 11 is 0. The van der Waals surface area contributed by atoms with Crippen LogP contribution in [0, 0.1) is 20.8 Å². The van der Waals surface area contributed by atoms with Crippen molar-refractivity contribution < 1.29 is 0 Å². The first-order chi connectivity index (χ1) is 35.7. The van der Waals surface area contributed by atoms with Gasteiger partial charge >= 0.3 is 0 Å². The summed E-state index contributed by atoms with van der Waals surface area (Å²) in [5.74, 6) is 0. The highest BCUT2D eigenvalue weighted by molar-refractivity contribution is 7.00. The van der Waals surface area contributed by atoms with Gasteiger partial charge in [-0.15, -0.1) is 0 Å². The SMILES string of the molecule is Cc1cc2c3c(c1)-n1c4c(c5cc(C(C)(C)C)cc(c51)B3c1ccc(N(c3ccc(C(C)(C)C)cc3C)c3ccc(C(C)(C)C)cc3C)cc1N2c1ccc(C(C)(C)C)cc1-c1ccccc1)-c1ccccc1C4(C)C. The molecule has 1 aliphatic carbocycles. The number of rotatable bonds is 5. The van der Waals surface area contributed by atoms with Crippen LogP contribution in [0.1, 0.15) is 147 Å². The lowest BCUT2D eigenvalue weighted by Crippen LogP contribution is -2.61. The monoisotopic (exact) mass is 994 g/mol. The van der Waals surface area contributed by atoms with E-state index in [0.29, 0.717) is 0 Å². The van der Waals surface area contributed by atoms with Crippen LogP contribution >= 0.6 is 0 Å². The maximum absolute atomic E-state index is 2.73. The molecule has 4 heteroatoms. The summed E-state index contributed by atoms with van der Waals surface area (Å²) in [6.07, 6.45) is 0. The first-order valence-corrected chi connectivity index (χ1v) is 27.9. The van der Waals surface area contributed by atoms with E-state index >= 15 is 0 Å². The Labute approximate surface area is 454 Å². The molecule has 8 aromatic carbocycles. The van der Waals surface area contributed by atoms with E-state index < -0.39 is 0 Å². The summed E-state index contributed by atoms with van der Waals surface area (Å²) in [4.78, 5) is 5.22. The number of benzene rings is 8. The smallest absolute Gasteiger partial charge is 0.252 e. The Kier molecular flexibility index (Phi) is 11.0. The summed E-state index contributed by atoms with van der Waals surface area (Å²) in [6, 6.07) is 59.5. The van der Waals surface area contributed by atoms with Crippen molar-refractivity contribution >= 4 is 68.1 Å². The second-order valence-electron chi connectivity index (χ2n) is 27.4. The molecule has 0 radical (unpaired) electrons. The van der Waals surface area contributed by atoms with Gasteiger partial charge in [0.05, 0.1) is 5.69 Å². The van der Waals surface area contributed by atoms with Crippen LogP contribution in [-0.4, -0.2) is 11.3 Å². The number of aryl methyl sites for hydroxylation is 3. The molecule has 3 aliphatic rings. The Morgan fingerprint density at radius 1 is 0.461 bits per heavy atom. The first-order valence-electron chi connectivity index (χ1n) is 27.9. The van der Waals surface area contributed by atoms with Crippen LogP contribution in [0.3, 0.4) is 0 Å². The van der Waals surface area contributed by atoms with E-state index in [1.807, 2.05) is 0 Å². The fraction of sp³-hybridized carbons (Fsp3) is 0.306. The van der Waals surface area contributed by atoms with E-state index in [0.717, 1.165) is 5.69 Å². The van der Waals surface area contributed by atoms with Gasteiger partial charge in [-0.1, -0.05) is 194 Å². The molecule has 0 N–H and O–H groups in total. The summed E-state index contributed by atoms with van der Waals surface area (Å²) in [7, 11) is 0. The van der Waals surface area contributed by atoms with E-state index in [9.17, 15) is 0 Å². The van der Waals surface area contributed by atoms with Gasteiger partial charge < -0.3 is 14.4 Å².